The smallest absolute Gasteiger partial charge is 0.394 e. The van der Waals surface area contributed by atoms with Crippen LogP contribution in [0.2, 0.25) is 0 Å². The average molecular weight is 612 g/mol. The zero-order chi connectivity index (χ0) is 27.0. The number of aliphatic hydroxyl groups excluding tert-OH is 6. The van der Waals surface area contributed by atoms with Gasteiger partial charge in [-0.25, -0.2) is 13.9 Å². The van der Waals surface area contributed by atoms with E-state index in [0.29, 0.717) is 0 Å². The van der Waals surface area contributed by atoms with Crippen molar-refractivity contribution in [2.24, 2.45) is 0 Å². The summed E-state index contributed by atoms with van der Waals surface area (Å²) in [5.74, 6) is 0. The zero-order valence-corrected chi connectivity index (χ0v) is 25.6. The summed E-state index contributed by atoms with van der Waals surface area (Å²) in [6, 6.07) is 0.928. The van der Waals surface area contributed by atoms with Crippen molar-refractivity contribution in [3.63, 3.8) is 0 Å². The van der Waals surface area contributed by atoms with Gasteiger partial charge in [0.2, 0.25) is 0 Å². The number of phosphoric acid groups is 2. The van der Waals surface area contributed by atoms with Crippen LogP contribution in [-0.2, 0) is 32.0 Å². The maximum Gasteiger partial charge on any atom is 0.483 e. The largest absolute Gasteiger partial charge is 0.483 e. The van der Waals surface area contributed by atoms with Crippen LogP contribution in [0.4, 0.5) is 0 Å². The number of aliphatic hydroxyl groups is 6. The Hall–Kier alpha value is 0.620. The molecule has 2 saturated heterocycles. The van der Waals surface area contributed by atoms with E-state index < -0.39 is 95.4 Å². The number of H-pyrrole nitrogens is 1. The fourth-order valence-corrected chi connectivity index (χ4v) is 5.51. The van der Waals surface area contributed by atoms with Gasteiger partial charge in [0.1, 0.15) is 42.7 Å². The fraction of sp³-hybridized carbons (Fsp3) is 0.733. The third-order valence-electron chi connectivity index (χ3n) is 5.16. The Balaban J connectivity index is 0.00000361. The summed E-state index contributed by atoms with van der Waals surface area (Å²) in [7, 11) is -11.1. The van der Waals surface area contributed by atoms with Crippen molar-refractivity contribution in [3.8, 4) is 0 Å². The Morgan fingerprint density at radius 1 is 0.895 bits per heavy atom. The van der Waals surface area contributed by atoms with Gasteiger partial charge in [-0.3, -0.25) is 23.4 Å². The van der Waals surface area contributed by atoms with Crippen LogP contribution in [0, 0.1) is 0 Å². The number of rotatable bonds is 9. The predicted molar refractivity (Wildman–Crippen MR) is 120 cm³/mol. The average Bonchev–Trinajstić information content (AvgIpc) is 3.06. The summed E-state index contributed by atoms with van der Waals surface area (Å²) in [6.07, 6.45) is -15.4. The van der Waals surface area contributed by atoms with Gasteiger partial charge in [0.15, 0.2) is 12.5 Å². The van der Waals surface area contributed by atoms with Gasteiger partial charge < -0.3 is 49.9 Å². The van der Waals surface area contributed by atoms with E-state index in [-0.39, 0.29) is 59.1 Å². The predicted octanol–water partition coefficient (Wildman–Crippen LogP) is -5.56. The second-order valence-corrected chi connectivity index (χ2v) is 10.7. The first-order valence-corrected chi connectivity index (χ1v) is 13.0. The van der Waals surface area contributed by atoms with Gasteiger partial charge in [0.25, 0.3) is 5.56 Å². The molecule has 9 N–H and O–H groups in total. The van der Waals surface area contributed by atoms with E-state index in [1.54, 1.807) is 0 Å². The van der Waals surface area contributed by atoms with Gasteiger partial charge in [-0.2, -0.15) is 4.31 Å². The summed E-state index contributed by atoms with van der Waals surface area (Å²) in [6.45, 7) is -1.93. The molecule has 2 fully saturated rings. The number of phosphoric ester groups is 2. The van der Waals surface area contributed by atoms with E-state index >= 15 is 0 Å². The molecular formula is C15H24N2Na2O17P2. The molecule has 2 aliphatic heterocycles. The molecule has 2 radical (unpaired) electrons. The molecule has 38 heavy (non-hydrogen) atoms. The molecule has 19 nitrogen and oxygen atoms in total. The van der Waals surface area contributed by atoms with E-state index in [1.807, 2.05) is 4.98 Å². The second-order valence-electron chi connectivity index (χ2n) is 7.68. The molecule has 23 heteroatoms. The molecule has 208 valence electrons. The Morgan fingerprint density at radius 3 is 2.08 bits per heavy atom. The maximum atomic E-state index is 12.2. The van der Waals surface area contributed by atoms with Gasteiger partial charge in [-0.1, -0.05) is 0 Å². The Kier molecular flexibility index (Phi) is 14.2. The number of nitrogens with zero attached hydrogens (tertiary/aromatic N) is 1. The molecule has 2 unspecified atom stereocenters. The van der Waals surface area contributed by atoms with Gasteiger partial charge in [-0.05, 0) is 0 Å². The van der Waals surface area contributed by atoms with Crippen molar-refractivity contribution < 1.29 is 72.4 Å². The van der Waals surface area contributed by atoms with E-state index in [2.05, 4.69) is 13.4 Å². The number of aromatic amines is 1. The monoisotopic (exact) mass is 612 g/mol. The first-order valence-electron chi connectivity index (χ1n) is 9.99. The topological polar surface area (TPSA) is 297 Å². The normalized spacial score (nSPS) is 36.4. The summed E-state index contributed by atoms with van der Waals surface area (Å²) < 4.78 is 48.1. The summed E-state index contributed by atoms with van der Waals surface area (Å²) in [4.78, 5) is 44.5. The zero-order valence-electron chi connectivity index (χ0n) is 19.9. The van der Waals surface area contributed by atoms with Crippen molar-refractivity contribution in [1.29, 1.82) is 0 Å². The number of nitrogens with one attached hydrogen (secondary N) is 1. The molecule has 0 aliphatic carbocycles. The minimum absolute atomic E-state index is 0. The number of hydrogen-bond acceptors (Lipinski definition) is 15. The molecule has 1 aromatic heterocycles. The van der Waals surface area contributed by atoms with Gasteiger partial charge in [0, 0.05) is 71.4 Å². The summed E-state index contributed by atoms with van der Waals surface area (Å²) >= 11 is 0. The standard InChI is InChI=1S/C15H24N2O17P2.2Na/c18-3-5-8(20)10(22)12(24)14(32-5)33-36(28,29)34-35(26,27)30-4-6-9(21)11(23)13(31-6)17-2-1-7(19)16-15(17)25;;/h1-2,5-6,8-14,18,20-24H,3-4H2,(H,26,27)(H,28,29)(H,16,19,25);;/t5-,6-,8-,9-,10+,11-,12-,13-,14+;;/m1../s1. The van der Waals surface area contributed by atoms with Crippen molar-refractivity contribution in [2.45, 2.75) is 55.2 Å². The molecule has 3 heterocycles. The number of hydrogen-bond donors (Lipinski definition) is 9. The molecule has 0 amide bonds. The van der Waals surface area contributed by atoms with Crippen LogP contribution in [-0.4, -0.2) is 171 Å². The van der Waals surface area contributed by atoms with Crippen LogP contribution < -0.4 is 11.2 Å². The number of ether oxygens (including phenoxy) is 2. The molecule has 1 aromatic rings. The Morgan fingerprint density at radius 2 is 1.50 bits per heavy atom. The van der Waals surface area contributed by atoms with Crippen LogP contribution in [0.5, 0.6) is 0 Å². The molecule has 3 rings (SSSR count). The van der Waals surface area contributed by atoms with Crippen LogP contribution in [0.15, 0.2) is 21.9 Å². The minimum Gasteiger partial charge on any atom is -0.394 e. The third kappa shape index (κ3) is 8.81. The van der Waals surface area contributed by atoms with E-state index in [9.17, 15) is 54.0 Å². The Labute approximate surface area is 256 Å². The second kappa shape index (κ2) is 14.7. The summed E-state index contributed by atoms with van der Waals surface area (Å²) in [5.41, 5.74) is -1.75. The van der Waals surface area contributed by atoms with Crippen LogP contribution in [0.1, 0.15) is 6.23 Å². The summed E-state index contributed by atoms with van der Waals surface area (Å²) in [5, 5.41) is 58.6. The van der Waals surface area contributed by atoms with E-state index in [1.165, 1.54) is 0 Å². The maximum absolute atomic E-state index is 12.2. The first kappa shape index (κ1) is 36.6. The molecule has 0 aromatic carbocycles. The van der Waals surface area contributed by atoms with Crippen molar-refractivity contribution in [2.75, 3.05) is 13.2 Å². The Bertz CT molecular complexity index is 1140. The molecular weight excluding hydrogens is 588 g/mol. The van der Waals surface area contributed by atoms with Gasteiger partial charge in [0.05, 0.1) is 13.2 Å². The number of aromatic nitrogens is 2. The van der Waals surface area contributed by atoms with Gasteiger partial charge >= 0.3 is 21.3 Å². The quantitative estimate of drug-likeness (QED) is 0.0928. The van der Waals surface area contributed by atoms with Gasteiger partial charge in [-0.15, -0.1) is 0 Å². The van der Waals surface area contributed by atoms with E-state index in [4.69, 9.17) is 14.6 Å². The van der Waals surface area contributed by atoms with Crippen molar-refractivity contribution >= 4 is 74.8 Å². The van der Waals surface area contributed by atoms with Crippen molar-refractivity contribution in [3.05, 3.63) is 33.1 Å². The fourth-order valence-electron chi connectivity index (χ4n) is 3.35. The van der Waals surface area contributed by atoms with Crippen LogP contribution >= 0.6 is 15.6 Å². The third-order valence-corrected chi connectivity index (χ3v) is 7.76. The van der Waals surface area contributed by atoms with Crippen molar-refractivity contribution in [1.82, 2.24) is 9.55 Å². The molecule has 0 bridgehead atoms. The minimum atomic E-state index is -5.59. The van der Waals surface area contributed by atoms with Crippen LogP contribution in [0.3, 0.4) is 0 Å². The molecule has 11 atom stereocenters. The molecule has 0 spiro atoms. The SMILES string of the molecule is O=c1ccn([C@@H]2O[C@H](COP(=O)(O)OP(=O)(O)O[C@@H]3O[C@H](CO)[C@@H](O)[C@H](O)[C@H]3O)[C@@H](O)[C@H]2O)c(=O)[nH]1.[Na].[Na]. The molecule has 0 saturated carbocycles. The van der Waals surface area contributed by atoms with Crippen LogP contribution in [0.25, 0.3) is 0 Å². The first-order chi connectivity index (χ1) is 16.7. The van der Waals surface area contributed by atoms with E-state index in [0.717, 1.165) is 16.8 Å². The molecule has 2 aliphatic rings.